The molecule has 1 aromatic heterocycles. The van der Waals surface area contributed by atoms with Gasteiger partial charge in [0, 0.05) is 42.0 Å². The molecule has 130 valence electrons. The Hall–Kier alpha value is -0.860. The zero-order chi connectivity index (χ0) is 16.1. The molecule has 1 fully saturated rings. The highest BCUT2D eigenvalue weighted by Crippen LogP contribution is 2.20. The Balaban J connectivity index is 0.00000208. The standard InChI is InChI=1S/C15H17ClN4OS2.ClH/c16-11-3-1-2-10(6-11)7-14-19-20-15(23-14)18-13(21)8-12-9-22-5-4-17-12;/h1-3,6,12,17H,4-5,7-9H2,(H,18,20,21);1H. The number of carbonyl (C=O) groups is 1. The molecule has 5 nitrogen and oxygen atoms in total. The van der Waals surface area contributed by atoms with E-state index >= 15 is 0 Å². The summed E-state index contributed by atoms with van der Waals surface area (Å²) in [4.78, 5) is 12.1. The molecule has 2 N–H and O–H groups in total. The number of aromatic nitrogens is 2. The van der Waals surface area contributed by atoms with E-state index in [1.165, 1.54) is 11.3 Å². The van der Waals surface area contributed by atoms with Crippen LogP contribution in [0, 0.1) is 0 Å². The summed E-state index contributed by atoms with van der Waals surface area (Å²) >= 11 is 9.26. The Morgan fingerprint density at radius 2 is 2.29 bits per heavy atom. The van der Waals surface area contributed by atoms with Crippen molar-refractivity contribution in [3.8, 4) is 0 Å². The summed E-state index contributed by atoms with van der Waals surface area (Å²) in [5.74, 6) is 2.07. The number of hydrogen-bond donors (Lipinski definition) is 2. The average Bonchev–Trinajstić information content (AvgIpc) is 2.95. The van der Waals surface area contributed by atoms with Gasteiger partial charge in [-0.2, -0.15) is 11.8 Å². The van der Waals surface area contributed by atoms with E-state index in [1.807, 2.05) is 36.0 Å². The highest BCUT2D eigenvalue weighted by Gasteiger charge is 2.17. The van der Waals surface area contributed by atoms with Crippen LogP contribution in [0.3, 0.4) is 0 Å². The van der Waals surface area contributed by atoms with Gasteiger partial charge in [-0.25, -0.2) is 0 Å². The lowest BCUT2D eigenvalue weighted by Crippen LogP contribution is -2.39. The Labute approximate surface area is 160 Å². The molecule has 1 aliphatic rings. The molecule has 2 heterocycles. The fourth-order valence-electron chi connectivity index (χ4n) is 2.34. The Bertz CT molecular complexity index is 677. The lowest BCUT2D eigenvalue weighted by molar-refractivity contribution is -0.116. The molecule has 2 aromatic rings. The third-order valence-electron chi connectivity index (χ3n) is 3.39. The van der Waals surface area contributed by atoms with Gasteiger partial charge in [-0.3, -0.25) is 4.79 Å². The first-order chi connectivity index (χ1) is 11.2. The van der Waals surface area contributed by atoms with Crippen molar-refractivity contribution < 1.29 is 4.79 Å². The minimum atomic E-state index is -0.0181. The number of nitrogens with one attached hydrogen (secondary N) is 2. The minimum Gasteiger partial charge on any atom is -0.312 e. The number of halogens is 2. The Morgan fingerprint density at radius 1 is 1.42 bits per heavy atom. The molecule has 24 heavy (non-hydrogen) atoms. The lowest BCUT2D eigenvalue weighted by atomic mass is 10.2. The van der Waals surface area contributed by atoms with Crippen LogP contribution in [0.15, 0.2) is 24.3 Å². The molecule has 1 saturated heterocycles. The summed E-state index contributed by atoms with van der Waals surface area (Å²) in [6, 6.07) is 7.91. The number of amides is 1. The van der Waals surface area contributed by atoms with E-state index in [0.717, 1.165) is 28.6 Å². The van der Waals surface area contributed by atoms with Crippen molar-refractivity contribution in [2.24, 2.45) is 0 Å². The van der Waals surface area contributed by atoms with Gasteiger partial charge in [0.15, 0.2) is 0 Å². The molecule has 0 bridgehead atoms. The number of nitrogens with zero attached hydrogens (tertiary/aromatic N) is 2. The van der Waals surface area contributed by atoms with Crippen LogP contribution in [-0.4, -0.2) is 40.2 Å². The summed E-state index contributed by atoms with van der Waals surface area (Å²) in [6.45, 7) is 0.963. The molecular weight excluding hydrogens is 387 g/mol. The molecular formula is C15H18Cl2N4OS2. The Kier molecular flexibility index (Phi) is 7.77. The molecule has 1 aromatic carbocycles. The molecule has 0 saturated carbocycles. The summed E-state index contributed by atoms with van der Waals surface area (Å²) in [7, 11) is 0. The van der Waals surface area contributed by atoms with Crippen molar-refractivity contribution in [3.63, 3.8) is 0 Å². The van der Waals surface area contributed by atoms with E-state index < -0.39 is 0 Å². The number of benzene rings is 1. The molecule has 0 spiro atoms. The van der Waals surface area contributed by atoms with E-state index in [9.17, 15) is 4.79 Å². The van der Waals surface area contributed by atoms with Crippen LogP contribution in [0.4, 0.5) is 5.13 Å². The number of carbonyl (C=O) groups excluding carboxylic acids is 1. The number of thioether (sulfide) groups is 1. The summed E-state index contributed by atoms with van der Waals surface area (Å²) < 4.78 is 0. The first-order valence-electron chi connectivity index (χ1n) is 7.37. The molecule has 1 unspecified atom stereocenters. The second-order valence-electron chi connectivity index (χ2n) is 5.29. The highest BCUT2D eigenvalue weighted by molar-refractivity contribution is 7.99. The van der Waals surface area contributed by atoms with Crippen LogP contribution < -0.4 is 10.6 Å². The number of hydrogen-bond acceptors (Lipinski definition) is 6. The maximum absolute atomic E-state index is 12.1. The van der Waals surface area contributed by atoms with Gasteiger partial charge in [0.05, 0.1) is 0 Å². The van der Waals surface area contributed by atoms with Gasteiger partial charge in [0.1, 0.15) is 5.01 Å². The van der Waals surface area contributed by atoms with Crippen molar-refractivity contribution in [2.75, 3.05) is 23.4 Å². The van der Waals surface area contributed by atoms with E-state index in [-0.39, 0.29) is 24.4 Å². The third-order valence-corrected chi connectivity index (χ3v) is 5.59. The van der Waals surface area contributed by atoms with Gasteiger partial charge in [-0.1, -0.05) is 35.1 Å². The van der Waals surface area contributed by atoms with Crippen LogP contribution in [-0.2, 0) is 11.2 Å². The normalized spacial score (nSPS) is 17.1. The Morgan fingerprint density at radius 3 is 3.04 bits per heavy atom. The second-order valence-corrected chi connectivity index (χ2v) is 7.93. The van der Waals surface area contributed by atoms with Crippen LogP contribution in [0.25, 0.3) is 0 Å². The van der Waals surface area contributed by atoms with Crippen molar-refractivity contribution in [2.45, 2.75) is 18.9 Å². The number of rotatable bonds is 5. The van der Waals surface area contributed by atoms with Crippen LogP contribution in [0.5, 0.6) is 0 Å². The predicted molar refractivity (Wildman–Crippen MR) is 104 cm³/mol. The minimum absolute atomic E-state index is 0. The largest absolute Gasteiger partial charge is 0.312 e. The second kappa shape index (κ2) is 9.58. The summed E-state index contributed by atoms with van der Waals surface area (Å²) in [5, 5.41) is 16.5. The van der Waals surface area contributed by atoms with E-state index in [1.54, 1.807) is 0 Å². The first kappa shape index (κ1) is 19.5. The first-order valence-corrected chi connectivity index (χ1v) is 9.72. The number of anilines is 1. The van der Waals surface area contributed by atoms with Crippen molar-refractivity contribution >= 4 is 58.1 Å². The van der Waals surface area contributed by atoms with Gasteiger partial charge in [0.25, 0.3) is 0 Å². The SMILES string of the molecule is Cl.O=C(CC1CSCCN1)Nc1nnc(Cc2cccc(Cl)c2)s1. The zero-order valence-electron chi connectivity index (χ0n) is 12.8. The van der Waals surface area contributed by atoms with Gasteiger partial charge < -0.3 is 10.6 Å². The fourth-order valence-corrected chi connectivity index (χ4v) is 4.29. The monoisotopic (exact) mass is 404 g/mol. The van der Waals surface area contributed by atoms with Crippen LogP contribution in [0.2, 0.25) is 5.02 Å². The molecule has 1 aliphatic heterocycles. The molecule has 9 heteroatoms. The molecule has 0 radical (unpaired) electrons. The third kappa shape index (κ3) is 5.89. The van der Waals surface area contributed by atoms with E-state index in [4.69, 9.17) is 11.6 Å². The topological polar surface area (TPSA) is 66.9 Å². The molecule has 1 atom stereocenters. The quantitative estimate of drug-likeness (QED) is 0.800. The van der Waals surface area contributed by atoms with Gasteiger partial charge in [-0.05, 0) is 17.7 Å². The summed E-state index contributed by atoms with van der Waals surface area (Å²) in [5.41, 5.74) is 1.08. The molecule has 3 rings (SSSR count). The highest BCUT2D eigenvalue weighted by atomic mass is 35.5. The predicted octanol–water partition coefficient (Wildman–Crippen LogP) is 3.24. The van der Waals surface area contributed by atoms with Gasteiger partial charge in [-0.15, -0.1) is 22.6 Å². The average molecular weight is 405 g/mol. The maximum atomic E-state index is 12.1. The van der Waals surface area contributed by atoms with E-state index in [2.05, 4.69) is 20.8 Å². The smallest absolute Gasteiger partial charge is 0.227 e. The zero-order valence-corrected chi connectivity index (χ0v) is 16.0. The fraction of sp³-hybridized carbons (Fsp3) is 0.400. The lowest BCUT2D eigenvalue weighted by Gasteiger charge is -2.22. The van der Waals surface area contributed by atoms with Gasteiger partial charge >= 0.3 is 0 Å². The summed E-state index contributed by atoms with van der Waals surface area (Å²) in [6.07, 6.45) is 1.13. The van der Waals surface area contributed by atoms with Gasteiger partial charge in [0.2, 0.25) is 11.0 Å². The molecule has 0 aliphatic carbocycles. The van der Waals surface area contributed by atoms with Crippen LogP contribution in [0.1, 0.15) is 17.0 Å². The molecule has 1 amide bonds. The van der Waals surface area contributed by atoms with Crippen molar-refractivity contribution in [3.05, 3.63) is 39.9 Å². The van der Waals surface area contributed by atoms with Crippen LogP contribution >= 0.6 is 47.1 Å². The van der Waals surface area contributed by atoms with Crippen molar-refractivity contribution in [1.82, 2.24) is 15.5 Å². The van der Waals surface area contributed by atoms with E-state index in [0.29, 0.717) is 23.0 Å². The van der Waals surface area contributed by atoms with Crippen molar-refractivity contribution in [1.29, 1.82) is 0 Å². The maximum Gasteiger partial charge on any atom is 0.227 e.